The summed E-state index contributed by atoms with van der Waals surface area (Å²) in [5, 5.41) is 0. The number of carbonyl (C=O) groups excluding carboxylic acids is 1. The second kappa shape index (κ2) is 5.24. The van der Waals surface area contributed by atoms with Crippen molar-refractivity contribution >= 4 is 11.7 Å². The number of rotatable bonds is 2. The molecular weight excluding hydrogens is 260 g/mol. The van der Waals surface area contributed by atoms with E-state index in [1.165, 1.54) is 4.57 Å². The molecule has 1 aromatic heterocycles. The van der Waals surface area contributed by atoms with Crippen molar-refractivity contribution < 1.29 is 9.53 Å². The highest BCUT2D eigenvalue weighted by Gasteiger charge is 2.37. The molecule has 20 heavy (non-hydrogen) atoms. The Kier molecular flexibility index (Phi) is 3.43. The van der Waals surface area contributed by atoms with Crippen LogP contribution in [0.25, 0.3) is 0 Å². The van der Waals surface area contributed by atoms with Gasteiger partial charge in [0.25, 0.3) is 5.56 Å². The molecule has 0 atom stereocenters. The van der Waals surface area contributed by atoms with Gasteiger partial charge in [-0.2, -0.15) is 0 Å². The molecule has 2 aliphatic heterocycles. The van der Waals surface area contributed by atoms with Gasteiger partial charge in [0, 0.05) is 45.6 Å². The predicted molar refractivity (Wildman–Crippen MR) is 72.6 cm³/mol. The maximum absolute atomic E-state index is 12.2. The van der Waals surface area contributed by atoms with E-state index in [1.54, 1.807) is 19.4 Å². The van der Waals surface area contributed by atoms with E-state index in [2.05, 4.69) is 4.98 Å². The Morgan fingerprint density at radius 1 is 1.35 bits per heavy atom. The lowest BCUT2D eigenvalue weighted by molar-refractivity contribution is -0.140. The number of ether oxygens (including phenoxy) is 1. The molecule has 0 spiro atoms. The number of hydrogen-bond acceptors (Lipinski definition) is 5. The molecule has 1 aromatic rings. The second-order valence-electron chi connectivity index (χ2n) is 5.21. The van der Waals surface area contributed by atoms with Crippen molar-refractivity contribution in [3.05, 3.63) is 22.7 Å². The topological polar surface area (TPSA) is 67.7 Å². The molecule has 3 heterocycles. The zero-order valence-corrected chi connectivity index (χ0v) is 11.5. The van der Waals surface area contributed by atoms with Crippen LogP contribution in [0.4, 0.5) is 5.82 Å². The lowest BCUT2D eigenvalue weighted by Crippen LogP contribution is -2.57. The summed E-state index contributed by atoms with van der Waals surface area (Å²) in [5.41, 5.74) is -0.121. The van der Waals surface area contributed by atoms with Crippen LogP contribution in [0.5, 0.6) is 0 Å². The minimum absolute atomic E-state index is 0.0280. The molecule has 0 saturated carbocycles. The highest BCUT2D eigenvalue weighted by atomic mass is 16.5. The normalized spacial score (nSPS) is 19.9. The lowest BCUT2D eigenvalue weighted by Gasteiger charge is -2.41. The van der Waals surface area contributed by atoms with E-state index in [-0.39, 0.29) is 17.4 Å². The molecule has 2 aliphatic rings. The Bertz CT molecular complexity index is 559. The molecule has 0 unspecified atom stereocenters. The largest absolute Gasteiger partial charge is 0.378 e. The van der Waals surface area contributed by atoms with Gasteiger partial charge in [0.2, 0.25) is 5.91 Å². The fourth-order valence-electron chi connectivity index (χ4n) is 2.55. The summed E-state index contributed by atoms with van der Waals surface area (Å²) in [6.45, 7) is 3.71. The Labute approximate surface area is 116 Å². The Hall–Kier alpha value is -1.89. The average Bonchev–Trinajstić information content (AvgIpc) is 2.42. The maximum atomic E-state index is 12.2. The van der Waals surface area contributed by atoms with Crippen LogP contribution in [0, 0.1) is 5.92 Å². The van der Waals surface area contributed by atoms with Crippen LogP contribution < -0.4 is 10.5 Å². The summed E-state index contributed by atoms with van der Waals surface area (Å²) in [6.07, 6.45) is 3.23. The first kappa shape index (κ1) is 13.1. The Balaban J connectivity index is 1.62. The molecule has 2 saturated heterocycles. The highest BCUT2D eigenvalue weighted by Crippen LogP contribution is 2.22. The first-order valence-electron chi connectivity index (χ1n) is 6.80. The van der Waals surface area contributed by atoms with Crippen LogP contribution in [0.3, 0.4) is 0 Å². The molecule has 7 heteroatoms. The minimum Gasteiger partial charge on any atom is -0.378 e. The van der Waals surface area contributed by atoms with Crippen molar-refractivity contribution in [1.82, 2.24) is 14.5 Å². The van der Waals surface area contributed by atoms with Crippen molar-refractivity contribution in [3.63, 3.8) is 0 Å². The quantitative estimate of drug-likeness (QED) is 0.699. The number of hydrogen-bond donors (Lipinski definition) is 0. The van der Waals surface area contributed by atoms with Gasteiger partial charge in [-0.05, 0) is 0 Å². The van der Waals surface area contributed by atoms with E-state index in [0.29, 0.717) is 45.2 Å². The zero-order valence-electron chi connectivity index (χ0n) is 11.5. The Morgan fingerprint density at radius 2 is 2.05 bits per heavy atom. The van der Waals surface area contributed by atoms with Crippen LogP contribution in [0.2, 0.25) is 0 Å². The molecule has 0 aliphatic carbocycles. The molecule has 0 N–H and O–H groups in total. The second-order valence-corrected chi connectivity index (χ2v) is 5.21. The fraction of sp³-hybridized carbons (Fsp3) is 0.615. The summed E-state index contributed by atoms with van der Waals surface area (Å²) in [6, 6.07) is 0. The van der Waals surface area contributed by atoms with E-state index in [0.717, 1.165) is 0 Å². The van der Waals surface area contributed by atoms with E-state index >= 15 is 0 Å². The molecule has 0 aromatic carbocycles. The van der Waals surface area contributed by atoms with Gasteiger partial charge in [-0.1, -0.05) is 0 Å². The van der Waals surface area contributed by atoms with Crippen LogP contribution in [-0.4, -0.2) is 59.8 Å². The minimum atomic E-state index is -0.121. The van der Waals surface area contributed by atoms with Crippen LogP contribution in [0.15, 0.2) is 17.2 Å². The zero-order chi connectivity index (χ0) is 14.1. The smallest absolute Gasteiger partial charge is 0.293 e. The number of anilines is 1. The number of nitrogens with zero attached hydrogens (tertiary/aromatic N) is 4. The van der Waals surface area contributed by atoms with Gasteiger partial charge in [0.15, 0.2) is 5.82 Å². The van der Waals surface area contributed by atoms with Crippen molar-refractivity contribution in [1.29, 1.82) is 0 Å². The fourth-order valence-corrected chi connectivity index (χ4v) is 2.55. The molecular formula is C13H18N4O3. The molecule has 3 rings (SSSR count). The molecule has 108 valence electrons. The van der Waals surface area contributed by atoms with Crippen molar-refractivity contribution in [2.24, 2.45) is 13.0 Å². The summed E-state index contributed by atoms with van der Waals surface area (Å²) in [4.78, 5) is 32.0. The first-order valence-corrected chi connectivity index (χ1v) is 6.80. The van der Waals surface area contributed by atoms with Gasteiger partial charge in [-0.25, -0.2) is 4.98 Å². The van der Waals surface area contributed by atoms with Gasteiger partial charge < -0.3 is 19.1 Å². The number of morpholine rings is 1. The summed E-state index contributed by atoms with van der Waals surface area (Å²) in [7, 11) is 1.70. The maximum Gasteiger partial charge on any atom is 0.293 e. The number of aromatic nitrogens is 2. The van der Waals surface area contributed by atoms with Gasteiger partial charge >= 0.3 is 0 Å². The number of carbonyl (C=O) groups is 1. The van der Waals surface area contributed by atoms with Crippen molar-refractivity contribution in [2.45, 2.75) is 0 Å². The molecule has 0 bridgehead atoms. The molecule has 2 fully saturated rings. The van der Waals surface area contributed by atoms with Gasteiger partial charge in [0.05, 0.1) is 19.1 Å². The molecule has 7 nitrogen and oxygen atoms in total. The molecule has 1 amide bonds. The standard InChI is InChI=1S/C13H18N4O3/c1-15-3-2-14-11(13(15)19)17-8-10(9-17)12(18)16-4-6-20-7-5-16/h2-3,10H,4-9H2,1H3. The SMILES string of the molecule is Cn1ccnc(N2CC(C(=O)N3CCOCC3)C2)c1=O. The van der Waals surface area contributed by atoms with Crippen molar-refractivity contribution in [3.8, 4) is 0 Å². The van der Waals surface area contributed by atoms with E-state index in [9.17, 15) is 9.59 Å². The van der Waals surface area contributed by atoms with Crippen LogP contribution in [0.1, 0.15) is 0 Å². The summed E-state index contributed by atoms with van der Waals surface area (Å²) >= 11 is 0. The van der Waals surface area contributed by atoms with Crippen molar-refractivity contribution in [2.75, 3.05) is 44.3 Å². The number of aryl methyl sites for hydroxylation is 1. The summed E-state index contributed by atoms with van der Waals surface area (Å²) in [5.74, 6) is 0.568. The summed E-state index contributed by atoms with van der Waals surface area (Å²) < 4.78 is 6.74. The van der Waals surface area contributed by atoms with E-state index in [1.807, 2.05) is 9.80 Å². The van der Waals surface area contributed by atoms with E-state index < -0.39 is 0 Å². The van der Waals surface area contributed by atoms with Gasteiger partial charge in [-0.3, -0.25) is 9.59 Å². The third kappa shape index (κ3) is 2.29. The third-order valence-corrected chi connectivity index (χ3v) is 3.85. The lowest BCUT2D eigenvalue weighted by atomic mass is 9.98. The molecule has 0 radical (unpaired) electrons. The first-order chi connectivity index (χ1) is 9.66. The van der Waals surface area contributed by atoms with E-state index in [4.69, 9.17) is 4.74 Å². The highest BCUT2D eigenvalue weighted by molar-refractivity contribution is 5.82. The average molecular weight is 278 g/mol. The van der Waals surface area contributed by atoms with Crippen LogP contribution in [-0.2, 0) is 16.6 Å². The van der Waals surface area contributed by atoms with Crippen LogP contribution >= 0.6 is 0 Å². The van der Waals surface area contributed by atoms with Gasteiger partial charge in [-0.15, -0.1) is 0 Å². The predicted octanol–water partition coefficient (Wildman–Crippen LogP) is -0.925. The van der Waals surface area contributed by atoms with Gasteiger partial charge in [0.1, 0.15) is 0 Å². The third-order valence-electron chi connectivity index (χ3n) is 3.85. The monoisotopic (exact) mass is 278 g/mol. The number of amides is 1. The Morgan fingerprint density at radius 3 is 2.75 bits per heavy atom.